The molecule has 0 aromatic heterocycles. The maximum absolute atomic E-state index is 12.5. The molecule has 1 aromatic carbocycles. The van der Waals surface area contributed by atoms with Gasteiger partial charge < -0.3 is 19.1 Å². The number of amides is 1. The normalized spacial score (nSPS) is 34.8. The van der Waals surface area contributed by atoms with Gasteiger partial charge in [0.2, 0.25) is 5.91 Å². The van der Waals surface area contributed by atoms with Gasteiger partial charge in [-0.3, -0.25) is 4.79 Å². The summed E-state index contributed by atoms with van der Waals surface area (Å²) in [5.74, 6) is -0.535. The second kappa shape index (κ2) is 6.14. The summed E-state index contributed by atoms with van der Waals surface area (Å²) in [4.78, 5) is 14.5. The molecule has 3 aliphatic heterocycles. The van der Waals surface area contributed by atoms with Crippen LogP contribution in [0.25, 0.3) is 0 Å². The van der Waals surface area contributed by atoms with Crippen LogP contribution < -0.4 is 0 Å². The van der Waals surface area contributed by atoms with Crippen LogP contribution in [-0.2, 0) is 25.6 Å². The number of carbonyl (C=O) groups excluding carboxylic acids is 1. The minimum atomic E-state index is -0.597. The summed E-state index contributed by atoms with van der Waals surface area (Å²) in [5.41, 5.74) is 1.17. The van der Waals surface area contributed by atoms with E-state index in [1.807, 2.05) is 36.9 Å². The van der Waals surface area contributed by atoms with E-state index in [9.17, 15) is 4.79 Å². The molecule has 0 unspecified atom stereocenters. The topological polar surface area (TPSA) is 48.0 Å². The number of fused-ring (bicyclic) bond motifs is 1. The van der Waals surface area contributed by atoms with Gasteiger partial charge in [0.15, 0.2) is 5.79 Å². The van der Waals surface area contributed by atoms with E-state index in [2.05, 4.69) is 12.1 Å². The van der Waals surface area contributed by atoms with E-state index >= 15 is 0 Å². The van der Waals surface area contributed by atoms with Gasteiger partial charge in [-0.15, -0.1) is 0 Å². The van der Waals surface area contributed by atoms with Crippen LogP contribution in [0.4, 0.5) is 0 Å². The van der Waals surface area contributed by atoms with Crippen molar-refractivity contribution in [3.05, 3.63) is 35.9 Å². The van der Waals surface area contributed by atoms with Crippen LogP contribution in [-0.4, -0.2) is 48.0 Å². The van der Waals surface area contributed by atoms with E-state index in [1.165, 1.54) is 5.56 Å². The smallest absolute Gasteiger partial charge is 0.230 e. The second-order valence-electron chi connectivity index (χ2n) is 7.39. The Kier molecular flexibility index (Phi) is 4.11. The Morgan fingerprint density at radius 1 is 1.29 bits per heavy atom. The predicted molar refractivity (Wildman–Crippen MR) is 88.1 cm³/mol. The van der Waals surface area contributed by atoms with Crippen LogP contribution in [0.2, 0.25) is 0 Å². The maximum atomic E-state index is 12.5. The molecule has 3 heterocycles. The lowest BCUT2D eigenvalue weighted by atomic mass is 9.76. The molecule has 3 saturated heterocycles. The second-order valence-corrected chi connectivity index (χ2v) is 7.39. The molecule has 5 nitrogen and oxygen atoms in total. The Morgan fingerprint density at radius 2 is 2.08 bits per heavy atom. The van der Waals surface area contributed by atoms with Crippen LogP contribution in [0.3, 0.4) is 0 Å². The van der Waals surface area contributed by atoms with Crippen LogP contribution in [0, 0.1) is 5.92 Å². The maximum Gasteiger partial charge on any atom is 0.230 e. The highest BCUT2D eigenvalue weighted by Gasteiger charge is 2.58. The van der Waals surface area contributed by atoms with Gasteiger partial charge in [-0.25, -0.2) is 0 Å². The fourth-order valence-electron chi connectivity index (χ4n) is 4.15. The highest BCUT2D eigenvalue weighted by atomic mass is 16.7. The quantitative estimate of drug-likeness (QED) is 0.795. The summed E-state index contributed by atoms with van der Waals surface area (Å²) < 4.78 is 17.8. The number of β-lactam (4-membered cyclic amide) rings is 1. The van der Waals surface area contributed by atoms with Crippen molar-refractivity contribution in [1.82, 2.24) is 4.90 Å². The highest BCUT2D eigenvalue weighted by Crippen LogP contribution is 2.42. The van der Waals surface area contributed by atoms with E-state index in [-0.39, 0.29) is 30.1 Å². The Morgan fingerprint density at radius 3 is 2.79 bits per heavy atom. The summed E-state index contributed by atoms with van der Waals surface area (Å²) in [6.45, 7) is 5.71. The van der Waals surface area contributed by atoms with E-state index in [1.54, 1.807) is 0 Å². The van der Waals surface area contributed by atoms with Crippen LogP contribution in [0.1, 0.15) is 32.3 Å². The Labute approximate surface area is 142 Å². The summed E-state index contributed by atoms with van der Waals surface area (Å²) in [5, 5.41) is 0. The summed E-state index contributed by atoms with van der Waals surface area (Å²) in [6, 6.07) is 10.3. The Balaban J connectivity index is 1.44. The Hall–Kier alpha value is -1.43. The minimum Gasteiger partial charge on any atom is -0.371 e. The standard InChI is InChI=1S/C19H25NO4/c1-19(2)23-12-15(24-19)16-17-14(9-6-10-20(17)18(16)21)22-11-13-7-4-3-5-8-13/h3-5,7-8,14-17H,6,9-12H2,1-2H3/t14-,15-,16-,17-/m0/s1. The first-order valence-electron chi connectivity index (χ1n) is 8.83. The minimum absolute atomic E-state index is 0.0777. The molecular weight excluding hydrogens is 306 g/mol. The fourth-order valence-corrected chi connectivity index (χ4v) is 4.15. The third-order valence-corrected chi connectivity index (χ3v) is 5.30. The van der Waals surface area contributed by atoms with E-state index < -0.39 is 5.79 Å². The van der Waals surface area contributed by atoms with Crippen LogP contribution >= 0.6 is 0 Å². The zero-order valence-corrected chi connectivity index (χ0v) is 14.3. The third kappa shape index (κ3) is 2.85. The van der Waals surface area contributed by atoms with E-state index in [4.69, 9.17) is 14.2 Å². The number of nitrogens with zero attached hydrogens (tertiary/aromatic N) is 1. The largest absolute Gasteiger partial charge is 0.371 e. The van der Waals surface area contributed by atoms with Crippen molar-refractivity contribution in [3.8, 4) is 0 Å². The van der Waals surface area contributed by atoms with Crippen molar-refractivity contribution in [1.29, 1.82) is 0 Å². The monoisotopic (exact) mass is 331 g/mol. The molecule has 0 bridgehead atoms. The predicted octanol–water partition coefficient (Wildman–Crippen LogP) is 2.34. The first kappa shape index (κ1) is 16.1. The molecular formula is C19H25NO4. The molecule has 0 aliphatic carbocycles. The van der Waals surface area contributed by atoms with Gasteiger partial charge in [0.25, 0.3) is 0 Å². The number of hydrogen-bond acceptors (Lipinski definition) is 4. The summed E-state index contributed by atoms with van der Waals surface area (Å²) >= 11 is 0. The molecule has 0 saturated carbocycles. The molecule has 0 N–H and O–H groups in total. The molecule has 24 heavy (non-hydrogen) atoms. The van der Waals surface area contributed by atoms with Gasteiger partial charge >= 0.3 is 0 Å². The number of piperidine rings is 1. The average Bonchev–Trinajstić information content (AvgIpc) is 2.93. The lowest BCUT2D eigenvalue weighted by molar-refractivity contribution is -0.197. The number of carbonyl (C=O) groups is 1. The number of ether oxygens (including phenoxy) is 3. The SMILES string of the molecule is CC1(C)OC[C@@H]([C@@H]2C(=O)N3CCC[C@H](OCc4ccccc4)[C@@H]23)O1. The van der Waals surface area contributed by atoms with Crippen LogP contribution in [0.15, 0.2) is 30.3 Å². The lowest BCUT2D eigenvalue weighted by Gasteiger charge is -2.54. The number of rotatable bonds is 4. The zero-order chi connectivity index (χ0) is 16.7. The van der Waals surface area contributed by atoms with Crippen molar-refractivity contribution in [2.75, 3.05) is 13.2 Å². The molecule has 1 amide bonds. The molecule has 0 radical (unpaired) electrons. The van der Waals surface area contributed by atoms with Gasteiger partial charge in [0, 0.05) is 6.54 Å². The summed E-state index contributed by atoms with van der Waals surface area (Å²) in [7, 11) is 0. The van der Waals surface area contributed by atoms with Gasteiger partial charge in [0.05, 0.1) is 37.4 Å². The lowest BCUT2D eigenvalue weighted by Crippen LogP contribution is -2.71. The van der Waals surface area contributed by atoms with E-state index in [0.717, 1.165) is 19.4 Å². The third-order valence-electron chi connectivity index (χ3n) is 5.30. The summed E-state index contributed by atoms with van der Waals surface area (Å²) in [6.07, 6.45) is 1.92. The van der Waals surface area contributed by atoms with Crippen molar-refractivity contribution >= 4 is 5.91 Å². The van der Waals surface area contributed by atoms with E-state index in [0.29, 0.717) is 13.2 Å². The molecule has 5 heteroatoms. The fraction of sp³-hybridized carbons (Fsp3) is 0.632. The molecule has 4 atom stereocenters. The molecule has 0 spiro atoms. The molecule has 3 aliphatic rings. The average molecular weight is 331 g/mol. The number of hydrogen-bond donors (Lipinski definition) is 0. The first-order valence-corrected chi connectivity index (χ1v) is 8.83. The first-order chi connectivity index (χ1) is 11.6. The molecule has 4 rings (SSSR count). The molecule has 130 valence electrons. The van der Waals surface area contributed by atoms with Gasteiger partial charge in [0.1, 0.15) is 0 Å². The molecule has 1 aromatic rings. The van der Waals surface area contributed by atoms with Crippen molar-refractivity contribution in [2.24, 2.45) is 5.92 Å². The Bertz CT molecular complexity index is 603. The van der Waals surface area contributed by atoms with Gasteiger partial charge in [-0.05, 0) is 32.3 Å². The van der Waals surface area contributed by atoms with Crippen LogP contribution in [0.5, 0.6) is 0 Å². The van der Waals surface area contributed by atoms with Gasteiger partial charge in [-0.1, -0.05) is 30.3 Å². The van der Waals surface area contributed by atoms with Gasteiger partial charge in [-0.2, -0.15) is 0 Å². The van der Waals surface area contributed by atoms with Crippen molar-refractivity contribution in [2.45, 2.75) is 57.3 Å². The number of benzene rings is 1. The molecule has 3 fully saturated rings. The van der Waals surface area contributed by atoms with Crippen molar-refractivity contribution < 1.29 is 19.0 Å². The highest BCUT2D eigenvalue weighted by molar-refractivity contribution is 5.87. The zero-order valence-electron chi connectivity index (χ0n) is 14.3. The van der Waals surface area contributed by atoms with Crippen molar-refractivity contribution in [3.63, 3.8) is 0 Å².